The topological polar surface area (TPSA) is 77.1 Å². The van der Waals surface area contributed by atoms with Crippen LogP contribution in [-0.4, -0.2) is 31.6 Å². The maximum absolute atomic E-state index is 12.0. The molecular formula is C13H25N3O. The van der Waals surface area contributed by atoms with Crippen molar-refractivity contribution in [1.29, 1.82) is 0 Å². The van der Waals surface area contributed by atoms with Gasteiger partial charge in [0.05, 0.1) is 5.41 Å². The molecule has 2 aliphatic rings. The highest BCUT2D eigenvalue weighted by Gasteiger charge is 2.54. The lowest BCUT2D eigenvalue weighted by Gasteiger charge is -2.15. The highest BCUT2D eigenvalue weighted by Crippen LogP contribution is 2.51. The van der Waals surface area contributed by atoms with Crippen LogP contribution in [0.2, 0.25) is 0 Å². The molecule has 4 N–H and O–H groups in total. The van der Waals surface area contributed by atoms with E-state index >= 15 is 0 Å². The smallest absolute Gasteiger partial charge is 0.226 e. The predicted molar refractivity (Wildman–Crippen MR) is 68.5 cm³/mol. The molecule has 4 nitrogen and oxygen atoms in total. The minimum absolute atomic E-state index is 0.172. The molecule has 0 radical (unpaired) electrons. The average Bonchev–Trinajstić information content (AvgIpc) is 3.20. The largest absolute Gasteiger partial charge is 0.356 e. The van der Waals surface area contributed by atoms with Crippen molar-refractivity contribution < 1.29 is 4.79 Å². The molecule has 0 spiro atoms. The van der Waals surface area contributed by atoms with Crippen LogP contribution >= 0.6 is 0 Å². The van der Waals surface area contributed by atoms with Crippen LogP contribution in [0, 0.1) is 17.3 Å². The molecular weight excluding hydrogens is 214 g/mol. The summed E-state index contributed by atoms with van der Waals surface area (Å²) in [7, 11) is 0. The molecule has 1 heterocycles. The zero-order chi connectivity index (χ0) is 12.5. The van der Waals surface area contributed by atoms with Gasteiger partial charge in [-0.1, -0.05) is 20.3 Å². The van der Waals surface area contributed by atoms with E-state index in [1.54, 1.807) is 0 Å². The van der Waals surface area contributed by atoms with Crippen LogP contribution in [0.5, 0.6) is 0 Å². The summed E-state index contributed by atoms with van der Waals surface area (Å²) in [6.45, 7) is 6.84. The molecule has 0 bridgehead atoms. The first-order valence-corrected chi connectivity index (χ1v) is 6.83. The Morgan fingerprint density at radius 3 is 2.82 bits per heavy atom. The van der Waals surface area contributed by atoms with Gasteiger partial charge in [0.25, 0.3) is 0 Å². The third-order valence-corrected chi connectivity index (χ3v) is 4.55. The summed E-state index contributed by atoms with van der Waals surface area (Å²) >= 11 is 0. The molecule has 1 amide bonds. The first-order chi connectivity index (χ1) is 8.11. The lowest BCUT2D eigenvalue weighted by molar-refractivity contribution is -0.126. The summed E-state index contributed by atoms with van der Waals surface area (Å²) in [6, 6.07) is 0.699. The van der Waals surface area contributed by atoms with Gasteiger partial charge < -0.3 is 16.4 Å². The standard InChI is InChI=1S/C13H25N3O/c1-3-9(11-8-16-11)4-5-15-12(17)13(2)6-10(13)7-14/h9-11,16H,3-8,14H2,1-2H3,(H,15,17). The zero-order valence-electron chi connectivity index (χ0n) is 11.0. The lowest BCUT2D eigenvalue weighted by Crippen LogP contribution is -2.34. The summed E-state index contributed by atoms with van der Waals surface area (Å²) in [6.07, 6.45) is 3.23. The molecule has 2 fully saturated rings. The molecule has 4 heteroatoms. The van der Waals surface area contributed by atoms with Crippen LogP contribution in [0.15, 0.2) is 0 Å². The van der Waals surface area contributed by atoms with Crippen molar-refractivity contribution in [1.82, 2.24) is 10.6 Å². The highest BCUT2D eigenvalue weighted by atomic mass is 16.2. The van der Waals surface area contributed by atoms with Crippen LogP contribution in [0.1, 0.15) is 33.1 Å². The van der Waals surface area contributed by atoms with Crippen LogP contribution in [-0.2, 0) is 4.79 Å². The molecule has 0 aromatic carbocycles. The van der Waals surface area contributed by atoms with Crippen molar-refractivity contribution in [2.75, 3.05) is 19.6 Å². The number of nitrogens with two attached hydrogens (primary N) is 1. The number of rotatable bonds is 7. The summed E-state index contributed by atoms with van der Waals surface area (Å²) in [5.41, 5.74) is 5.43. The fourth-order valence-electron chi connectivity index (χ4n) is 2.74. The first-order valence-electron chi connectivity index (χ1n) is 6.83. The summed E-state index contributed by atoms with van der Waals surface area (Å²) in [4.78, 5) is 12.0. The molecule has 1 saturated heterocycles. The van der Waals surface area contributed by atoms with Crippen molar-refractivity contribution in [2.24, 2.45) is 23.0 Å². The summed E-state index contributed by atoms with van der Waals surface area (Å²) in [5.74, 6) is 1.31. The van der Waals surface area contributed by atoms with E-state index in [0.717, 1.165) is 25.9 Å². The average molecular weight is 239 g/mol. The molecule has 1 saturated carbocycles. The van der Waals surface area contributed by atoms with Gasteiger partial charge in [-0.15, -0.1) is 0 Å². The predicted octanol–water partition coefficient (Wildman–Crippen LogP) is 0.476. The van der Waals surface area contributed by atoms with Gasteiger partial charge in [-0.2, -0.15) is 0 Å². The number of carbonyl (C=O) groups excluding carboxylic acids is 1. The lowest BCUT2D eigenvalue weighted by atomic mass is 9.98. The fourth-order valence-corrected chi connectivity index (χ4v) is 2.74. The van der Waals surface area contributed by atoms with Crippen LogP contribution in [0.4, 0.5) is 0 Å². The Hall–Kier alpha value is -0.610. The molecule has 1 aliphatic carbocycles. The monoisotopic (exact) mass is 239 g/mol. The third kappa shape index (κ3) is 2.80. The molecule has 98 valence electrons. The van der Waals surface area contributed by atoms with Gasteiger partial charge in [-0.3, -0.25) is 4.79 Å². The van der Waals surface area contributed by atoms with E-state index in [1.165, 1.54) is 6.42 Å². The van der Waals surface area contributed by atoms with Gasteiger partial charge in [0.2, 0.25) is 5.91 Å². The van der Waals surface area contributed by atoms with Crippen LogP contribution in [0.3, 0.4) is 0 Å². The second kappa shape index (κ2) is 4.94. The third-order valence-electron chi connectivity index (χ3n) is 4.55. The number of carbonyl (C=O) groups is 1. The molecule has 0 aromatic heterocycles. The molecule has 4 atom stereocenters. The van der Waals surface area contributed by atoms with Gasteiger partial charge in [0.1, 0.15) is 0 Å². The minimum atomic E-state index is -0.172. The van der Waals surface area contributed by atoms with E-state index in [1.807, 2.05) is 6.92 Å². The van der Waals surface area contributed by atoms with E-state index in [2.05, 4.69) is 17.6 Å². The Bertz CT molecular complexity index is 290. The van der Waals surface area contributed by atoms with Crippen molar-refractivity contribution >= 4 is 5.91 Å². The normalized spacial score (nSPS) is 36.4. The number of hydrogen-bond acceptors (Lipinski definition) is 3. The SMILES string of the molecule is CCC(CCNC(=O)C1(C)CC1CN)C1CN1. The number of amides is 1. The van der Waals surface area contributed by atoms with Crippen LogP contribution in [0.25, 0.3) is 0 Å². The van der Waals surface area contributed by atoms with E-state index in [0.29, 0.717) is 24.4 Å². The molecule has 0 aromatic rings. The van der Waals surface area contributed by atoms with E-state index < -0.39 is 0 Å². The van der Waals surface area contributed by atoms with Crippen molar-refractivity contribution in [2.45, 2.75) is 39.2 Å². The summed E-state index contributed by atoms with van der Waals surface area (Å²) in [5, 5.41) is 6.43. The van der Waals surface area contributed by atoms with Gasteiger partial charge in [0.15, 0.2) is 0 Å². The van der Waals surface area contributed by atoms with Crippen molar-refractivity contribution in [3.05, 3.63) is 0 Å². The van der Waals surface area contributed by atoms with Crippen molar-refractivity contribution in [3.63, 3.8) is 0 Å². The van der Waals surface area contributed by atoms with Gasteiger partial charge in [0, 0.05) is 19.1 Å². The Balaban J connectivity index is 1.66. The Morgan fingerprint density at radius 2 is 2.35 bits per heavy atom. The molecule has 2 rings (SSSR count). The van der Waals surface area contributed by atoms with Crippen LogP contribution < -0.4 is 16.4 Å². The maximum atomic E-state index is 12.0. The Morgan fingerprint density at radius 1 is 1.65 bits per heavy atom. The quantitative estimate of drug-likeness (QED) is 0.565. The van der Waals surface area contributed by atoms with Gasteiger partial charge in [-0.05, 0) is 31.2 Å². The highest BCUT2D eigenvalue weighted by molar-refractivity contribution is 5.85. The Kier molecular flexibility index (Phi) is 3.73. The fraction of sp³-hybridized carbons (Fsp3) is 0.923. The van der Waals surface area contributed by atoms with Crippen molar-refractivity contribution in [3.8, 4) is 0 Å². The Labute approximate surface area is 104 Å². The van der Waals surface area contributed by atoms with Gasteiger partial charge >= 0.3 is 0 Å². The van der Waals surface area contributed by atoms with E-state index in [-0.39, 0.29) is 11.3 Å². The second-order valence-corrected chi connectivity index (χ2v) is 5.78. The zero-order valence-corrected chi connectivity index (χ0v) is 11.0. The first kappa shape index (κ1) is 12.8. The molecule has 4 unspecified atom stereocenters. The van der Waals surface area contributed by atoms with E-state index in [9.17, 15) is 4.79 Å². The minimum Gasteiger partial charge on any atom is -0.356 e. The van der Waals surface area contributed by atoms with E-state index in [4.69, 9.17) is 5.73 Å². The second-order valence-electron chi connectivity index (χ2n) is 5.78. The van der Waals surface area contributed by atoms with Gasteiger partial charge in [-0.25, -0.2) is 0 Å². The molecule has 17 heavy (non-hydrogen) atoms. The number of nitrogens with one attached hydrogen (secondary N) is 2. The molecule has 1 aliphatic heterocycles. The summed E-state index contributed by atoms with van der Waals surface area (Å²) < 4.78 is 0. The number of hydrogen-bond donors (Lipinski definition) is 3. The maximum Gasteiger partial charge on any atom is 0.226 e.